The lowest BCUT2D eigenvalue weighted by Crippen LogP contribution is -2.48. The minimum atomic E-state index is -0.942. The summed E-state index contributed by atoms with van der Waals surface area (Å²) in [6, 6.07) is 3.56. The van der Waals surface area contributed by atoms with Crippen molar-refractivity contribution in [2.75, 3.05) is 12.4 Å². The molecule has 3 heterocycles. The van der Waals surface area contributed by atoms with Crippen LogP contribution in [0.2, 0.25) is 0 Å². The van der Waals surface area contributed by atoms with Gasteiger partial charge in [0.25, 0.3) is 0 Å². The zero-order chi connectivity index (χ0) is 17.6. The molecule has 3 atom stereocenters. The highest BCUT2D eigenvalue weighted by molar-refractivity contribution is 8.13. The number of thioether (sulfide) groups is 1. The van der Waals surface area contributed by atoms with Gasteiger partial charge in [-0.1, -0.05) is 17.8 Å². The molecule has 132 valence electrons. The standard InChI is InChI=1S/C17H17F2N3O2S/c1-9-21-14(6-23-9)15-4-10-7-25-16(20)22-17(10,8-24-15)12-3-2-11(18)5-13(12)19/h2-3,5-6,10,15H,4,7-8H2,1H3,(H2,20,22)/t10?,15-,17+/m1/s1. The summed E-state index contributed by atoms with van der Waals surface area (Å²) in [5.74, 6) is -0.0133. The number of aryl methyl sites for hydroxylation is 1. The number of oxazole rings is 1. The molecule has 1 unspecified atom stereocenters. The van der Waals surface area contributed by atoms with Crippen LogP contribution in [0.1, 0.15) is 29.7 Å². The van der Waals surface area contributed by atoms with Crippen molar-refractivity contribution in [1.82, 2.24) is 4.98 Å². The van der Waals surface area contributed by atoms with Gasteiger partial charge in [0, 0.05) is 30.2 Å². The first-order chi connectivity index (χ1) is 12.0. The zero-order valence-corrected chi connectivity index (χ0v) is 14.4. The first-order valence-electron chi connectivity index (χ1n) is 7.95. The maximum Gasteiger partial charge on any atom is 0.191 e. The summed E-state index contributed by atoms with van der Waals surface area (Å²) in [5.41, 5.74) is 6.02. The largest absolute Gasteiger partial charge is 0.449 e. The van der Waals surface area contributed by atoms with Gasteiger partial charge in [-0.2, -0.15) is 0 Å². The van der Waals surface area contributed by atoms with Gasteiger partial charge in [0.2, 0.25) is 0 Å². The lowest BCUT2D eigenvalue weighted by molar-refractivity contribution is -0.0606. The molecule has 4 rings (SSSR count). The van der Waals surface area contributed by atoms with Crippen molar-refractivity contribution in [3.05, 3.63) is 53.2 Å². The van der Waals surface area contributed by atoms with Gasteiger partial charge >= 0.3 is 0 Å². The number of fused-ring (bicyclic) bond motifs is 1. The van der Waals surface area contributed by atoms with E-state index in [9.17, 15) is 8.78 Å². The molecule has 0 aliphatic carbocycles. The number of hydrogen-bond acceptors (Lipinski definition) is 6. The molecule has 0 saturated carbocycles. The molecule has 1 fully saturated rings. The summed E-state index contributed by atoms with van der Waals surface area (Å²) in [5, 5.41) is 0.388. The number of amidine groups is 1. The molecule has 5 nitrogen and oxygen atoms in total. The van der Waals surface area contributed by atoms with Gasteiger partial charge in [0.1, 0.15) is 35.2 Å². The quantitative estimate of drug-likeness (QED) is 0.884. The molecule has 1 aromatic carbocycles. The SMILES string of the molecule is Cc1nc([C@H]2CC3CSC(N)=N[C@@]3(c3ccc(F)cc3F)CO2)co1. The lowest BCUT2D eigenvalue weighted by Gasteiger charge is -2.46. The fourth-order valence-corrected chi connectivity index (χ4v) is 4.56. The number of nitrogens with zero attached hydrogens (tertiary/aromatic N) is 2. The molecule has 2 aromatic rings. The van der Waals surface area contributed by atoms with Gasteiger partial charge in [-0.3, -0.25) is 0 Å². The lowest BCUT2D eigenvalue weighted by atomic mass is 9.74. The third-order valence-electron chi connectivity index (χ3n) is 4.78. The predicted molar refractivity (Wildman–Crippen MR) is 90.2 cm³/mol. The molecule has 0 amide bonds. The van der Waals surface area contributed by atoms with Crippen LogP contribution >= 0.6 is 11.8 Å². The fourth-order valence-electron chi connectivity index (χ4n) is 3.54. The summed E-state index contributed by atoms with van der Waals surface area (Å²) in [6.07, 6.45) is 1.94. The molecule has 2 N–H and O–H groups in total. The van der Waals surface area contributed by atoms with E-state index >= 15 is 0 Å². The smallest absolute Gasteiger partial charge is 0.191 e. The zero-order valence-electron chi connectivity index (χ0n) is 13.5. The first-order valence-corrected chi connectivity index (χ1v) is 8.94. The Hall–Kier alpha value is -1.93. The molecule has 0 radical (unpaired) electrons. The molecular weight excluding hydrogens is 348 g/mol. The number of benzene rings is 1. The minimum Gasteiger partial charge on any atom is -0.449 e. The van der Waals surface area contributed by atoms with Crippen LogP contribution in [0.5, 0.6) is 0 Å². The van der Waals surface area contributed by atoms with Crippen molar-refractivity contribution >= 4 is 16.9 Å². The van der Waals surface area contributed by atoms with E-state index in [1.807, 2.05) is 0 Å². The Morgan fingerprint density at radius 1 is 1.36 bits per heavy atom. The van der Waals surface area contributed by atoms with E-state index in [4.69, 9.17) is 14.9 Å². The Balaban J connectivity index is 1.73. The average Bonchev–Trinajstić information content (AvgIpc) is 3.00. The van der Waals surface area contributed by atoms with Crippen molar-refractivity contribution in [3.63, 3.8) is 0 Å². The van der Waals surface area contributed by atoms with Crippen molar-refractivity contribution in [1.29, 1.82) is 0 Å². The Morgan fingerprint density at radius 2 is 2.20 bits per heavy atom. The number of nitrogens with two attached hydrogens (primary N) is 1. The molecule has 0 spiro atoms. The maximum absolute atomic E-state index is 14.5. The van der Waals surface area contributed by atoms with Crippen molar-refractivity contribution < 1.29 is 17.9 Å². The molecule has 1 saturated heterocycles. The monoisotopic (exact) mass is 365 g/mol. The van der Waals surface area contributed by atoms with E-state index in [1.54, 1.807) is 13.2 Å². The average molecular weight is 365 g/mol. The van der Waals surface area contributed by atoms with E-state index in [-0.39, 0.29) is 18.6 Å². The van der Waals surface area contributed by atoms with Crippen LogP contribution in [0.4, 0.5) is 8.78 Å². The van der Waals surface area contributed by atoms with Gasteiger partial charge in [0.05, 0.1) is 6.61 Å². The van der Waals surface area contributed by atoms with Gasteiger partial charge in [-0.15, -0.1) is 0 Å². The van der Waals surface area contributed by atoms with Gasteiger partial charge in [-0.05, 0) is 12.5 Å². The summed E-state index contributed by atoms with van der Waals surface area (Å²) >= 11 is 1.44. The first kappa shape index (κ1) is 16.5. The Labute approximate surface area is 147 Å². The molecule has 0 bridgehead atoms. The molecule has 25 heavy (non-hydrogen) atoms. The second kappa shape index (κ2) is 6.10. The Bertz CT molecular complexity index is 841. The van der Waals surface area contributed by atoms with Gasteiger partial charge in [0.15, 0.2) is 11.1 Å². The molecule has 8 heteroatoms. The van der Waals surface area contributed by atoms with Crippen LogP contribution < -0.4 is 5.73 Å². The normalized spacial score (nSPS) is 29.2. The van der Waals surface area contributed by atoms with E-state index in [0.717, 1.165) is 11.8 Å². The van der Waals surface area contributed by atoms with Crippen LogP contribution in [0.3, 0.4) is 0 Å². The number of rotatable bonds is 2. The summed E-state index contributed by atoms with van der Waals surface area (Å²) in [7, 11) is 0. The van der Waals surface area contributed by atoms with Crippen molar-refractivity contribution in [2.45, 2.75) is 25.0 Å². The summed E-state index contributed by atoms with van der Waals surface area (Å²) < 4.78 is 39.1. The fraction of sp³-hybridized carbons (Fsp3) is 0.412. The topological polar surface area (TPSA) is 73.6 Å². The maximum atomic E-state index is 14.5. The number of ether oxygens (including phenoxy) is 1. The predicted octanol–water partition coefficient (Wildman–Crippen LogP) is 3.30. The second-order valence-corrected chi connectivity index (χ2v) is 7.37. The van der Waals surface area contributed by atoms with Crippen molar-refractivity contribution in [2.24, 2.45) is 16.6 Å². The van der Waals surface area contributed by atoms with E-state index in [0.29, 0.717) is 28.8 Å². The van der Waals surface area contributed by atoms with Crippen LogP contribution in [-0.2, 0) is 10.3 Å². The Morgan fingerprint density at radius 3 is 2.92 bits per heavy atom. The van der Waals surface area contributed by atoms with E-state index in [2.05, 4.69) is 9.98 Å². The van der Waals surface area contributed by atoms with Gasteiger partial charge < -0.3 is 14.9 Å². The second-order valence-electron chi connectivity index (χ2n) is 6.33. The van der Waals surface area contributed by atoms with Gasteiger partial charge in [-0.25, -0.2) is 18.8 Å². The van der Waals surface area contributed by atoms with E-state index in [1.165, 1.54) is 23.9 Å². The number of aliphatic imine (C=N–C) groups is 1. The molecule has 1 aromatic heterocycles. The number of hydrogen-bond donors (Lipinski definition) is 1. The highest BCUT2D eigenvalue weighted by Gasteiger charge is 2.50. The molecule has 2 aliphatic rings. The summed E-state index contributed by atoms with van der Waals surface area (Å²) in [4.78, 5) is 8.88. The highest BCUT2D eigenvalue weighted by Crippen LogP contribution is 2.49. The number of aromatic nitrogens is 1. The summed E-state index contributed by atoms with van der Waals surface area (Å²) in [6.45, 7) is 1.92. The third-order valence-corrected chi connectivity index (χ3v) is 5.74. The van der Waals surface area contributed by atoms with Crippen LogP contribution in [0, 0.1) is 24.5 Å². The Kier molecular flexibility index (Phi) is 4.04. The highest BCUT2D eigenvalue weighted by atomic mass is 32.2. The van der Waals surface area contributed by atoms with Crippen molar-refractivity contribution in [3.8, 4) is 0 Å². The van der Waals surface area contributed by atoms with Crippen LogP contribution in [-0.4, -0.2) is 22.5 Å². The van der Waals surface area contributed by atoms with Crippen LogP contribution in [0.25, 0.3) is 0 Å². The molecule has 2 aliphatic heterocycles. The minimum absolute atomic E-state index is 0.0134. The van der Waals surface area contributed by atoms with E-state index < -0.39 is 17.2 Å². The van der Waals surface area contributed by atoms with Crippen LogP contribution in [0.15, 0.2) is 33.9 Å². The number of halogens is 2. The molecular formula is C17H17F2N3O2S. The third kappa shape index (κ3) is 2.83.